The van der Waals surface area contributed by atoms with Crippen LogP contribution in [0.15, 0.2) is 30.6 Å². The number of aromatic nitrogens is 2. The summed E-state index contributed by atoms with van der Waals surface area (Å²) in [6.45, 7) is 9.39. The molecule has 0 bridgehead atoms. The smallest absolute Gasteiger partial charge is 0.216 e. The molecule has 0 saturated heterocycles. The molecule has 0 fully saturated rings. The van der Waals surface area contributed by atoms with Crippen molar-refractivity contribution in [3.05, 3.63) is 41.3 Å². The molecule has 2 aromatic rings. The van der Waals surface area contributed by atoms with E-state index >= 15 is 0 Å². The highest BCUT2D eigenvalue weighted by Gasteiger charge is 2.09. The molecule has 0 amide bonds. The normalized spacial score (nSPS) is 12.5. The summed E-state index contributed by atoms with van der Waals surface area (Å²) in [6, 6.07) is 5.83. The Kier molecular flexibility index (Phi) is 5.78. The van der Waals surface area contributed by atoms with E-state index in [9.17, 15) is 0 Å². The molecule has 22 heavy (non-hydrogen) atoms. The Labute approximate surface area is 137 Å². The van der Waals surface area contributed by atoms with Gasteiger partial charge in [-0.15, -0.1) is 0 Å². The van der Waals surface area contributed by atoms with Crippen LogP contribution >= 0.6 is 11.6 Å². The zero-order chi connectivity index (χ0) is 16.1. The molecule has 0 aromatic carbocycles. The lowest BCUT2D eigenvalue weighted by atomic mass is 10.00. The first-order valence-corrected chi connectivity index (χ1v) is 8.05. The van der Waals surface area contributed by atoms with Crippen LogP contribution in [0.2, 0.25) is 5.15 Å². The molecule has 2 aromatic heterocycles. The molecule has 118 valence electrons. The van der Waals surface area contributed by atoms with Crippen molar-refractivity contribution in [3.8, 4) is 17.0 Å². The lowest BCUT2D eigenvalue weighted by Crippen LogP contribution is -2.12. The number of ether oxygens (including phenoxy) is 1. The van der Waals surface area contributed by atoms with Gasteiger partial charge in [-0.3, -0.25) is 0 Å². The third-order valence-corrected chi connectivity index (χ3v) is 3.68. The van der Waals surface area contributed by atoms with Gasteiger partial charge >= 0.3 is 0 Å². The highest BCUT2D eigenvalue weighted by Crippen LogP contribution is 2.25. The molecule has 2 heterocycles. The highest BCUT2D eigenvalue weighted by molar-refractivity contribution is 6.29. The Hall–Kier alpha value is -1.61. The third kappa shape index (κ3) is 4.70. The Bertz CT molecular complexity index is 628. The van der Waals surface area contributed by atoms with Crippen molar-refractivity contribution >= 4 is 11.6 Å². The van der Waals surface area contributed by atoms with Crippen LogP contribution in [0, 0.1) is 18.8 Å². The van der Waals surface area contributed by atoms with Crippen molar-refractivity contribution in [1.29, 1.82) is 0 Å². The van der Waals surface area contributed by atoms with Crippen LogP contribution in [0.3, 0.4) is 0 Å². The van der Waals surface area contributed by atoms with Gasteiger partial charge in [0, 0.05) is 23.5 Å². The van der Waals surface area contributed by atoms with Crippen LogP contribution in [-0.4, -0.2) is 16.6 Å². The molecule has 0 aliphatic heterocycles. The van der Waals surface area contributed by atoms with Crippen LogP contribution < -0.4 is 4.74 Å². The summed E-state index contributed by atoms with van der Waals surface area (Å²) in [5.41, 5.74) is 3.06. The maximum atomic E-state index is 5.94. The monoisotopic (exact) mass is 318 g/mol. The molecule has 1 unspecified atom stereocenters. The molecule has 1 atom stereocenters. The summed E-state index contributed by atoms with van der Waals surface area (Å²) < 4.78 is 5.86. The first-order chi connectivity index (χ1) is 10.5. The lowest BCUT2D eigenvalue weighted by Gasteiger charge is -2.16. The molecule has 0 radical (unpaired) electrons. The summed E-state index contributed by atoms with van der Waals surface area (Å²) in [7, 11) is 0. The minimum Gasteiger partial charge on any atom is -0.477 e. The van der Waals surface area contributed by atoms with Crippen molar-refractivity contribution in [2.45, 2.75) is 34.1 Å². The molecular weight excluding hydrogens is 296 g/mol. The number of halogens is 1. The third-order valence-electron chi connectivity index (χ3n) is 3.47. The van der Waals surface area contributed by atoms with E-state index < -0.39 is 0 Å². The van der Waals surface area contributed by atoms with Crippen LogP contribution in [0.5, 0.6) is 5.88 Å². The Morgan fingerprint density at radius 3 is 2.55 bits per heavy atom. The van der Waals surface area contributed by atoms with E-state index in [0.717, 1.165) is 23.1 Å². The first-order valence-electron chi connectivity index (χ1n) is 7.67. The average molecular weight is 319 g/mol. The summed E-state index contributed by atoms with van der Waals surface area (Å²) in [5.74, 6) is 1.92. The van der Waals surface area contributed by atoms with Gasteiger partial charge < -0.3 is 4.74 Å². The summed E-state index contributed by atoms with van der Waals surface area (Å²) in [6.07, 6.45) is 4.68. The predicted molar refractivity (Wildman–Crippen MR) is 91.3 cm³/mol. The summed E-state index contributed by atoms with van der Waals surface area (Å²) in [5, 5.41) is 0.484. The Morgan fingerprint density at radius 1 is 1.14 bits per heavy atom. The van der Waals surface area contributed by atoms with Crippen molar-refractivity contribution in [1.82, 2.24) is 9.97 Å². The second-order valence-electron chi connectivity index (χ2n) is 6.26. The van der Waals surface area contributed by atoms with Crippen molar-refractivity contribution < 1.29 is 4.74 Å². The number of rotatable bonds is 6. The van der Waals surface area contributed by atoms with Crippen molar-refractivity contribution in [2.75, 3.05) is 6.61 Å². The van der Waals surface area contributed by atoms with Gasteiger partial charge in [-0.2, -0.15) is 0 Å². The van der Waals surface area contributed by atoms with E-state index in [1.54, 1.807) is 6.20 Å². The highest BCUT2D eigenvalue weighted by atomic mass is 35.5. The second-order valence-corrected chi connectivity index (χ2v) is 6.65. The van der Waals surface area contributed by atoms with E-state index in [1.807, 2.05) is 25.3 Å². The number of hydrogen-bond acceptors (Lipinski definition) is 3. The van der Waals surface area contributed by atoms with Gasteiger partial charge in [-0.05, 0) is 48.9 Å². The fraction of sp³-hybridized carbons (Fsp3) is 0.444. The molecule has 0 spiro atoms. The fourth-order valence-electron chi connectivity index (χ4n) is 2.55. The molecule has 0 aliphatic rings. The minimum absolute atomic E-state index is 0.484. The van der Waals surface area contributed by atoms with Gasteiger partial charge in [0.15, 0.2) is 0 Å². The van der Waals surface area contributed by atoms with Gasteiger partial charge in [0.1, 0.15) is 5.15 Å². The summed E-state index contributed by atoms with van der Waals surface area (Å²) in [4.78, 5) is 8.45. The molecular formula is C18H23ClN2O. The Balaban J connectivity index is 2.07. The summed E-state index contributed by atoms with van der Waals surface area (Å²) >= 11 is 5.94. The maximum absolute atomic E-state index is 5.94. The quantitative estimate of drug-likeness (QED) is 0.689. The van der Waals surface area contributed by atoms with Gasteiger partial charge in [-0.25, -0.2) is 9.97 Å². The minimum atomic E-state index is 0.484. The van der Waals surface area contributed by atoms with E-state index in [-0.39, 0.29) is 0 Å². The van der Waals surface area contributed by atoms with Crippen LogP contribution in [-0.2, 0) is 0 Å². The molecule has 0 aliphatic carbocycles. The zero-order valence-electron chi connectivity index (χ0n) is 13.6. The van der Waals surface area contributed by atoms with Crippen LogP contribution in [0.25, 0.3) is 11.1 Å². The Morgan fingerprint density at radius 2 is 1.91 bits per heavy atom. The van der Waals surface area contributed by atoms with Crippen molar-refractivity contribution in [2.24, 2.45) is 11.8 Å². The fourth-order valence-corrected chi connectivity index (χ4v) is 2.72. The van der Waals surface area contributed by atoms with E-state index in [1.165, 1.54) is 0 Å². The number of pyridine rings is 2. The average Bonchev–Trinajstić information content (AvgIpc) is 2.45. The van der Waals surface area contributed by atoms with E-state index in [2.05, 4.69) is 36.8 Å². The topological polar surface area (TPSA) is 35.0 Å². The van der Waals surface area contributed by atoms with E-state index in [4.69, 9.17) is 16.3 Å². The largest absolute Gasteiger partial charge is 0.477 e. The number of hydrogen-bond donors (Lipinski definition) is 0. The van der Waals surface area contributed by atoms with Gasteiger partial charge in [0.2, 0.25) is 5.88 Å². The second kappa shape index (κ2) is 7.59. The maximum Gasteiger partial charge on any atom is 0.216 e. The van der Waals surface area contributed by atoms with Crippen molar-refractivity contribution in [3.63, 3.8) is 0 Å². The van der Waals surface area contributed by atoms with Gasteiger partial charge in [0.25, 0.3) is 0 Å². The molecule has 2 rings (SSSR count). The van der Waals surface area contributed by atoms with E-state index in [0.29, 0.717) is 29.5 Å². The van der Waals surface area contributed by atoms with Crippen LogP contribution in [0.4, 0.5) is 0 Å². The standard InChI is InChI=1S/C18H23ClN2O/c1-12(2)7-13(3)11-22-18-14(4)8-16(10-21-18)15-5-6-20-17(19)9-15/h5-6,8-10,12-13H,7,11H2,1-4H3. The number of aryl methyl sites for hydroxylation is 1. The van der Waals surface area contributed by atoms with Crippen LogP contribution in [0.1, 0.15) is 32.8 Å². The molecule has 0 saturated carbocycles. The lowest BCUT2D eigenvalue weighted by molar-refractivity contribution is 0.230. The SMILES string of the molecule is Cc1cc(-c2ccnc(Cl)c2)cnc1OCC(C)CC(C)C. The number of nitrogens with zero attached hydrogens (tertiary/aromatic N) is 2. The predicted octanol–water partition coefficient (Wildman–Crippen LogP) is 5.17. The molecule has 4 heteroatoms. The molecule has 0 N–H and O–H groups in total. The van der Waals surface area contributed by atoms with Gasteiger partial charge in [0.05, 0.1) is 6.61 Å². The zero-order valence-corrected chi connectivity index (χ0v) is 14.4. The molecule has 3 nitrogen and oxygen atoms in total. The first kappa shape index (κ1) is 16.8. The van der Waals surface area contributed by atoms with Gasteiger partial charge in [-0.1, -0.05) is 32.4 Å².